The fraction of sp³-hybridized carbons (Fsp3) is 0.455. The van der Waals surface area contributed by atoms with Crippen molar-refractivity contribution >= 4 is 13.3 Å². The molecule has 0 bridgehead atoms. The van der Waals surface area contributed by atoms with Gasteiger partial charge in [0.2, 0.25) is 0 Å². The molecule has 0 aromatic heterocycles. The molecule has 1 aromatic carbocycles. The Morgan fingerprint density at radius 1 is 1.50 bits per heavy atom. The van der Waals surface area contributed by atoms with E-state index in [4.69, 9.17) is 4.52 Å². The Morgan fingerprint density at radius 2 is 2.11 bits per heavy atom. The lowest BCUT2D eigenvalue weighted by Crippen LogP contribution is -2.06. The van der Waals surface area contributed by atoms with Crippen LogP contribution in [0, 0.1) is 10.1 Å². The van der Waals surface area contributed by atoms with Crippen molar-refractivity contribution in [3.63, 3.8) is 0 Å². The molecule has 0 aliphatic heterocycles. The normalized spacial score (nSPS) is 15.9. The first kappa shape index (κ1) is 14.8. The van der Waals surface area contributed by atoms with E-state index in [1.54, 1.807) is 13.0 Å². The van der Waals surface area contributed by atoms with Gasteiger partial charge in [-0.05, 0) is 13.3 Å². The highest BCUT2D eigenvalue weighted by atomic mass is 31.2. The van der Waals surface area contributed by atoms with Crippen LogP contribution in [0.1, 0.15) is 25.8 Å². The van der Waals surface area contributed by atoms with Crippen molar-refractivity contribution in [2.75, 3.05) is 0 Å². The smallest absolute Gasteiger partial charge is 0.324 e. The van der Waals surface area contributed by atoms with E-state index < -0.39 is 12.5 Å². The Hall–Kier alpha value is -1.23. The second-order valence-electron chi connectivity index (χ2n) is 4.01. The number of hydrogen-bond donors (Lipinski definition) is 1. The van der Waals surface area contributed by atoms with Gasteiger partial charge in [0.05, 0.1) is 17.2 Å². The van der Waals surface area contributed by atoms with Gasteiger partial charge in [0.25, 0.3) is 5.69 Å². The monoisotopic (exact) mass is 273 g/mol. The van der Waals surface area contributed by atoms with Crippen molar-refractivity contribution in [1.29, 1.82) is 0 Å². The fourth-order valence-corrected chi connectivity index (χ4v) is 2.91. The molecule has 1 rings (SSSR count). The summed E-state index contributed by atoms with van der Waals surface area (Å²) in [5.74, 6) is 0. The molecule has 0 aliphatic carbocycles. The van der Waals surface area contributed by atoms with Crippen LogP contribution in [-0.2, 0) is 15.3 Å². The number of nitrogens with zero attached hydrogens (tertiary/aromatic N) is 1. The number of benzene rings is 1. The molecule has 0 fully saturated rings. The molecule has 0 saturated heterocycles. The predicted molar refractivity (Wildman–Crippen MR) is 67.5 cm³/mol. The van der Waals surface area contributed by atoms with E-state index in [0.717, 1.165) is 0 Å². The first-order chi connectivity index (χ1) is 8.35. The summed E-state index contributed by atoms with van der Waals surface area (Å²) in [6, 6.07) is 5.87. The Bertz CT molecular complexity index is 476. The molecule has 18 heavy (non-hydrogen) atoms. The van der Waals surface area contributed by atoms with Crippen molar-refractivity contribution in [3.8, 4) is 0 Å². The van der Waals surface area contributed by atoms with Crippen molar-refractivity contribution in [3.05, 3.63) is 39.9 Å². The number of nitro benzene ring substituents is 1. The number of hydrogen-bond acceptors (Lipinski definition) is 4. The summed E-state index contributed by atoms with van der Waals surface area (Å²) in [6.07, 6.45) is -0.112. The van der Waals surface area contributed by atoms with Crippen LogP contribution in [0.5, 0.6) is 0 Å². The van der Waals surface area contributed by atoms with Crippen molar-refractivity contribution in [2.45, 2.75) is 32.5 Å². The molecule has 0 heterocycles. The maximum atomic E-state index is 11.8. The molecular weight excluding hydrogens is 257 g/mol. The van der Waals surface area contributed by atoms with Gasteiger partial charge in [-0.25, -0.2) is 0 Å². The molecule has 7 heteroatoms. The summed E-state index contributed by atoms with van der Waals surface area (Å²) >= 11 is 0. The van der Waals surface area contributed by atoms with Gasteiger partial charge in [-0.1, -0.05) is 25.1 Å². The average Bonchev–Trinajstić information content (AvgIpc) is 2.28. The topological polar surface area (TPSA) is 89.7 Å². The van der Waals surface area contributed by atoms with E-state index >= 15 is 0 Å². The van der Waals surface area contributed by atoms with E-state index in [1.165, 1.54) is 18.2 Å². The minimum Gasteiger partial charge on any atom is -0.324 e. The van der Waals surface area contributed by atoms with E-state index in [0.29, 0.717) is 6.42 Å². The van der Waals surface area contributed by atoms with Gasteiger partial charge in [-0.2, -0.15) is 0 Å². The van der Waals surface area contributed by atoms with Crippen LogP contribution in [-0.4, -0.2) is 15.9 Å². The van der Waals surface area contributed by atoms with E-state index in [2.05, 4.69) is 0 Å². The zero-order valence-electron chi connectivity index (χ0n) is 10.3. The fourth-order valence-electron chi connectivity index (χ4n) is 1.43. The van der Waals surface area contributed by atoms with Gasteiger partial charge in [0, 0.05) is 11.6 Å². The molecule has 0 spiro atoms. The first-order valence-corrected chi connectivity index (χ1v) is 7.34. The standard InChI is InChI=1S/C11H16NO5P/c1-3-9(2)17-18(15,16)8-10-6-4-5-7-11(10)12(13)14/h4-7,9H,3,8H2,1-2H3,(H,15,16). The zero-order chi connectivity index (χ0) is 13.8. The van der Waals surface area contributed by atoms with Gasteiger partial charge in [-0.15, -0.1) is 0 Å². The summed E-state index contributed by atoms with van der Waals surface area (Å²) in [4.78, 5) is 19.9. The average molecular weight is 273 g/mol. The molecule has 0 aliphatic rings. The number of nitro groups is 1. The Morgan fingerprint density at radius 3 is 2.67 bits per heavy atom. The quantitative estimate of drug-likeness (QED) is 0.488. The van der Waals surface area contributed by atoms with Gasteiger partial charge >= 0.3 is 7.60 Å². The van der Waals surface area contributed by atoms with Crippen LogP contribution in [0.3, 0.4) is 0 Å². The minimum absolute atomic E-state index is 0.167. The van der Waals surface area contributed by atoms with Crippen LogP contribution in [0.15, 0.2) is 24.3 Å². The van der Waals surface area contributed by atoms with Crippen LogP contribution >= 0.6 is 7.60 Å². The van der Waals surface area contributed by atoms with Gasteiger partial charge in [-0.3, -0.25) is 14.7 Å². The lowest BCUT2D eigenvalue weighted by Gasteiger charge is -2.16. The molecule has 1 aromatic rings. The zero-order valence-corrected chi connectivity index (χ0v) is 11.2. The lowest BCUT2D eigenvalue weighted by molar-refractivity contribution is -0.385. The van der Waals surface area contributed by atoms with Crippen LogP contribution in [0.2, 0.25) is 0 Å². The second-order valence-corrected chi connectivity index (χ2v) is 5.81. The van der Waals surface area contributed by atoms with Crippen molar-refractivity contribution in [1.82, 2.24) is 0 Å². The van der Waals surface area contributed by atoms with Crippen molar-refractivity contribution in [2.24, 2.45) is 0 Å². The molecule has 0 saturated carbocycles. The maximum absolute atomic E-state index is 11.8. The third kappa shape index (κ3) is 4.22. The highest BCUT2D eigenvalue weighted by molar-refractivity contribution is 7.52. The highest BCUT2D eigenvalue weighted by Crippen LogP contribution is 2.48. The Balaban J connectivity index is 2.90. The van der Waals surface area contributed by atoms with Gasteiger partial charge < -0.3 is 9.42 Å². The minimum atomic E-state index is -3.86. The van der Waals surface area contributed by atoms with E-state index in [9.17, 15) is 19.6 Å². The van der Waals surface area contributed by atoms with Gasteiger partial charge in [0.1, 0.15) is 0 Å². The summed E-state index contributed by atoms with van der Waals surface area (Å²) in [7, 11) is -3.86. The summed E-state index contributed by atoms with van der Waals surface area (Å²) in [5, 5.41) is 10.8. The van der Waals surface area contributed by atoms with Crippen LogP contribution in [0.25, 0.3) is 0 Å². The van der Waals surface area contributed by atoms with Gasteiger partial charge in [0.15, 0.2) is 0 Å². The number of rotatable bonds is 6. The summed E-state index contributed by atoms with van der Waals surface area (Å²) < 4.78 is 16.9. The lowest BCUT2D eigenvalue weighted by atomic mass is 10.2. The third-order valence-corrected chi connectivity index (χ3v) is 3.91. The Kier molecular flexibility index (Phi) is 5.02. The first-order valence-electron chi connectivity index (χ1n) is 5.58. The Labute approximate surface area is 105 Å². The highest BCUT2D eigenvalue weighted by Gasteiger charge is 2.26. The molecule has 2 atom stereocenters. The summed E-state index contributed by atoms with van der Waals surface area (Å²) in [5.41, 5.74) is 0.0381. The molecule has 2 unspecified atom stereocenters. The predicted octanol–water partition coefficient (Wildman–Crippen LogP) is 3.10. The molecule has 0 amide bonds. The van der Waals surface area contributed by atoms with Crippen molar-refractivity contribution < 1.29 is 18.9 Å². The molecule has 6 nitrogen and oxygen atoms in total. The maximum Gasteiger partial charge on any atom is 0.332 e. The number of para-hydroxylation sites is 1. The molecular formula is C11H16NO5P. The van der Waals surface area contributed by atoms with Crippen LogP contribution < -0.4 is 0 Å². The summed E-state index contributed by atoms with van der Waals surface area (Å²) in [6.45, 7) is 3.51. The second kappa shape index (κ2) is 6.09. The van der Waals surface area contributed by atoms with E-state index in [1.807, 2.05) is 6.92 Å². The molecule has 0 radical (unpaired) electrons. The SMILES string of the molecule is CCC(C)OP(=O)(O)Cc1ccccc1[N+](=O)[O-]. The largest absolute Gasteiger partial charge is 0.332 e. The van der Waals surface area contributed by atoms with E-state index in [-0.39, 0.29) is 23.5 Å². The van der Waals surface area contributed by atoms with Crippen LogP contribution in [0.4, 0.5) is 5.69 Å². The third-order valence-electron chi connectivity index (χ3n) is 2.48. The molecule has 1 N–H and O–H groups in total. The molecule has 100 valence electrons.